The van der Waals surface area contributed by atoms with Crippen LogP contribution in [0.1, 0.15) is 6.42 Å². The van der Waals surface area contributed by atoms with Crippen molar-refractivity contribution in [2.24, 2.45) is 0 Å². The van der Waals surface area contributed by atoms with Gasteiger partial charge in [-0.05, 0) is 33.6 Å². The maximum Gasteiger partial charge on any atom is 0.0897 e. The van der Waals surface area contributed by atoms with Crippen molar-refractivity contribution in [2.45, 2.75) is 18.6 Å². The quantitative estimate of drug-likeness (QED) is 0.167. The number of rotatable bonds is 16. The van der Waals surface area contributed by atoms with Gasteiger partial charge in [0.25, 0.3) is 0 Å². The van der Waals surface area contributed by atoms with Crippen molar-refractivity contribution in [1.82, 2.24) is 20.4 Å². The molecule has 8 nitrogen and oxygen atoms in total. The molecule has 0 aliphatic heterocycles. The highest BCUT2D eigenvalue weighted by Crippen LogP contribution is 1.97. The molecule has 0 radical (unpaired) electrons. The zero-order valence-electron chi connectivity index (χ0n) is 14.6. The molecule has 23 heavy (non-hydrogen) atoms. The van der Waals surface area contributed by atoms with Gasteiger partial charge in [0.2, 0.25) is 0 Å². The molecule has 0 aliphatic carbocycles. The minimum absolute atomic E-state index is 0.291. The standard InChI is InChI=1S/C15H36N4O4/c1-18(2)9-7-17-6-5-16-4-3-8-19(10-14(22)12-20)11-15(23)13-21/h14-17,20-23H,3-13H2,1-2H3. The molecule has 0 bridgehead atoms. The Morgan fingerprint density at radius 3 is 1.78 bits per heavy atom. The molecular weight excluding hydrogens is 300 g/mol. The van der Waals surface area contributed by atoms with Crippen LogP contribution in [-0.4, -0.2) is 122 Å². The fraction of sp³-hybridized carbons (Fsp3) is 1.00. The Hall–Kier alpha value is -0.320. The number of nitrogens with one attached hydrogen (secondary N) is 2. The first kappa shape index (κ1) is 22.7. The lowest BCUT2D eigenvalue weighted by Crippen LogP contribution is -2.41. The third-order valence-corrected chi connectivity index (χ3v) is 3.40. The van der Waals surface area contributed by atoms with Gasteiger partial charge in [0.15, 0.2) is 0 Å². The summed E-state index contributed by atoms with van der Waals surface area (Å²) in [6.07, 6.45) is -0.780. The van der Waals surface area contributed by atoms with Gasteiger partial charge in [-0.15, -0.1) is 0 Å². The average molecular weight is 336 g/mol. The van der Waals surface area contributed by atoms with E-state index >= 15 is 0 Å². The van der Waals surface area contributed by atoms with Crippen molar-refractivity contribution >= 4 is 0 Å². The first-order chi connectivity index (χ1) is 11.0. The molecule has 0 saturated heterocycles. The normalized spacial score (nSPS) is 14.6. The fourth-order valence-electron chi connectivity index (χ4n) is 2.13. The van der Waals surface area contributed by atoms with Gasteiger partial charge in [-0.25, -0.2) is 0 Å². The number of hydrogen-bond donors (Lipinski definition) is 6. The third-order valence-electron chi connectivity index (χ3n) is 3.40. The molecular formula is C15H36N4O4. The van der Waals surface area contributed by atoms with Crippen LogP contribution in [0.3, 0.4) is 0 Å². The SMILES string of the molecule is CN(C)CCNCCNCCCN(CC(O)CO)CC(O)CO. The van der Waals surface area contributed by atoms with E-state index in [9.17, 15) is 10.2 Å². The number of aliphatic hydroxyl groups excluding tert-OH is 4. The molecule has 0 aromatic carbocycles. The van der Waals surface area contributed by atoms with Crippen LogP contribution in [0, 0.1) is 0 Å². The molecule has 0 aromatic rings. The molecule has 0 rings (SSSR count). The molecule has 140 valence electrons. The van der Waals surface area contributed by atoms with Crippen molar-refractivity contribution < 1.29 is 20.4 Å². The first-order valence-corrected chi connectivity index (χ1v) is 8.36. The number of hydrogen-bond acceptors (Lipinski definition) is 8. The topological polar surface area (TPSA) is 111 Å². The largest absolute Gasteiger partial charge is 0.394 e. The number of aliphatic hydroxyl groups is 4. The Labute approximate surface area is 140 Å². The summed E-state index contributed by atoms with van der Waals surface area (Å²) in [7, 11) is 4.10. The molecule has 0 fully saturated rings. The highest BCUT2D eigenvalue weighted by molar-refractivity contribution is 4.68. The van der Waals surface area contributed by atoms with Crippen LogP contribution in [-0.2, 0) is 0 Å². The molecule has 0 heterocycles. The molecule has 0 amide bonds. The van der Waals surface area contributed by atoms with Crippen LogP contribution in [0.2, 0.25) is 0 Å². The lowest BCUT2D eigenvalue weighted by atomic mass is 10.2. The van der Waals surface area contributed by atoms with Gasteiger partial charge in [0, 0.05) is 39.3 Å². The highest BCUT2D eigenvalue weighted by Gasteiger charge is 2.14. The van der Waals surface area contributed by atoms with Gasteiger partial charge in [-0.1, -0.05) is 0 Å². The Balaban J connectivity index is 3.69. The lowest BCUT2D eigenvalue weighted by molar-refractivity contribution is 0.0230. The van der Waals surface area contributed by atoms with Crippen LogP contribution < -0.4 is 10.6 Å². The zero-order valence-corrected chi connectivity index (χ0v) is 14.6. The van der Waals surface area contributed by atoms with Crippen molar-refractivity contribution in [3.05, 3.63) is 0 Å². The molecule has 2 unspecified atom stereocenters. The molecule has 8 heteroatoms. The van der Waals surface area contributed by atoms with Crippen LogP contribution in [0.15, 0.2) is 0 Å². The molecule has 0 aliphatic rings. The van der Waals surface area contributed by atoms with E-state index in [1.54, 1.807) is 0 Å². The van der Waals surface area contributed by atoms with E-state index in [1.807, 2.05) is 19.0 Å². The summed E-state index contributed by atoms with van der Waals surface area (Å²) < 4.78 is 0. The second-order valence-electron chi connectivity index (χ2n) is 6.09. The predicted octanol–water partition coefficient (Wildman–Crippen LogP) is -2.87. The smallest absolute Gasteiger partial charge is 0.0897 e. The minimum Gasteiger partial charge on any atom is -0.394 e. The molecule has 0 spiro atoms. The summed E-state index contributed by atoms with van der Waals surface area (Å²) in [6.45, 7) is 5.32. The van der Waals surface area contributed by atoms with Crippen LogP contribution >= 0.6 is 0 Å². The monoisotopic (exact) mass is 336 g/mol. The van der Waals surface area contributed by atoms with Crippen molar-refractivity contribution in [1.29, 1.82) is 0 Å². The van der Waals surface area contributed by atoms with E-state index in [0.29, 0.717) is 19.6 Å². The maximum atomic E-state index is 9.51. The van der Waals surface area contributed by atoms with Gasteiger partial charge in [0.05, 0.1) is 25.4 Å². The molecule has 0 aromatic heterocycles. The summed E-state index contributed by atoms with van der Waals surface area (Å²) in [6, 6.07) is 0. The van der Waals surface area contributed by atoms with Gasteiger partial charge in [0.1, 0.15) is 0 Å². The molecule has 0 saturated carbocycles. The Bertz CT molecular complexity index is 248. The van der Waals surface area contributed by atoms with E-state index < -0.39 is 12.2 Å². The average Bonchev–Trinajstić information content (AvgIpc) is 2.52. The van der Waals surface area contributed by atoms with Crippen molar-refractivity contribution in [2.75, 3.05) is 79.7 Å². The van der Waals surface area contributed by atoms with Crippen molar-refractivity contribution in [3.8, 4) is 0 Å². The van der Waals surface area contributed by atoms with Gasteiger partial charge in [-0.2, -0.15) is 0 Å². The summed E-state index contributed by atoms with van der Waals surface area (Å²) >= 11 is 0. The molecule has 6 N–H and O–H groups in total. The number of likely N-dealkylation sites (N-methyl/N-ethyl adjacent to an activating group) is 1. The van der Waals surface area contributed by atoms with Crippen molar-refractivity contribution in [3.63, 3.8) is 0 Å². The van der Waals surface area contributed by atoms with Gasteiger partial charge in [-0.3, -0.25) is 4.90 Å². The third kappa shape index (κ3) is 15.0. The lowest BCUT2D eigenvalue weighted by Gasteiger charge is -2.26. The second kappa shape index (κ2) is 15.2. The van der Waals surface area contributed by atoms with Gasteiger partial charge >= 0.3 is 0 Å². The summed E-state index contributed by atoms with van der Waals surface area (Å²) in [5.41, 5.74) is 0. The second-order valence-corrected chi connectivity index (χ2v) is 6.09. The van der Waals surface area contributed by atoms with E-state index in [-0.39, 0.29) is 13.2 Å². The summed E-state index contributed by atoms with van der Waals surface area (Å²) in [4.78, 5) is 4.00. The molecule has 2 atom stereocenters. The van der Waals surface area contributed by atoms with Crippen LogP contribution in [0.4, 0.5) is 0 Å². The van der Waals surface area contributed by atoms with E-state index in [0.717, 1.165) is 39.1 Å². The van der Waals surface area contributed by atoms with E-state index in [4.69, 9.17) is 10.2 Å². The summed E-state index contributed by atoms with van der Waals surface area (Å²) in [5, 5.41) is 43.5. The fourth-order valence-corrected chi connectivity index (χ4v) is 2.13. The minimum atomic E-state index is -0.824. The maximum absolute atomic E-state index is 9.51. The van der Waals surface area contributed by atoms with E-state index in [1.165, 1.54) is 0 Å². The highest BCUT2D eigenvalue weighted by atomic mass is 16.3. The summed E-state index contributed by atoms with van der Waals surface area (Å²) in [5.74, 6) is 0. The zero-order chi connectivity index (χ0) is 17.5. The van der Waals surface area contributed by atoms with Gasteiger partial charge < -0.3 is 36.0 Å². The first-order valence-electron chi connectivity index (χ1n) is 8.36. The Morgan fingerprint density at radius 1 is 0.783 bits per heavy atom. The van der Waals surface area contributed by atoms with Crippen LogP contribution in [0.5, 0.6) is 0 Å². The van der Waals surface area contributed by atoms with E-state index in [2.05, 4.69) is 15.5 Å². The Morgan fingerprint density at radius 2 is 1.30 bits per heavy atom. The van der Waals surface area contributed by atoms with Crippen LogP contribution in [0.25, 0.3) is 0 Å². The predicted molar refractivity (Wildman–Crippen MR) is 91.5 cm³/mol. The number of nitrogens with zero attached hydrogens (tertiary/aromatic N) is 2. The Kier molecular flexibility index (Phi) is 15.0.